The Kier molecular flexibility index (Phi) is 3.52. The van der Waals surface area contributed by atoms with E-state index in [4.69, 9.17) is 27.9 Å². The number of hydrogen-bond donors (Lipinski definition) is 0. The molecule has 1 heterocycles. The lowest BCUT2D eigenvalue weighted by atomic mass is 10.2. The summed E-state index contributed by atoms with van der Waals surface area (Å²) in [5.41, 5.74) is -0.306. The Hall–Kier alpha value is -0.580. The Bertz CT molecular complexity index is 443. The van der Waals surface area contributed by atoms with Crippen LogP contribution in [0.3, 0.4) is 0 Å². The van der Waals surface area contributed by atoms with E-state index >= 15 is 0 Å². The van der Waals surface area contributed by atoms with Crippen molar-refractivity contribution in [3.05, 3.63) is 26.9 Å². The van der Waals surface area contributed by atoms with Gasteiger partial charge in [0, 0.05) is 13.3 Å². The van der Waals surface area contributed by atoms with Crippen LogP contribution < -0.4 is 5.56 Å². The molecule has 2 rings (SSSR count). The molecule has 0 saturated heterocycles. The van der Waals surface area contributed by atoms with E-state index in [9.17, 15) is 4.79 Å². The number of nitrogens with zero attached hydrogens (tertiary/aromatic N) is 2. The Morgan fingerprint density at radius 3 is 2.88 bits per heavy atom. The molecule has 4 nitrogen and oxygen atoms in total. The smallest absolute Gasteiger partial charge is 0.288 e. The van der Waals surface area contributed by atoms with E-state index in [0.29, 0.717) is 12.5 Å². The Balaban J connectivity index is 2.39. The van der Waals surface area contributed by atoms with E-state index in [2.05, 4.69) is 4.98 Å². The summed E-state index contributed by atoms with van der Waals surface area (Å²) in [5, 5.41) is 0.139. The molecule has 1 aromatic rings. The lowest BCUT2D eigenvalue weighted by molar-refractivity contribution is 0.143. The van der Waals surface area contributed by atoms with Crippen LogP contribution in [0.25, 0.3) is 0 Å². The van der Waals surface area contributed by atoms with Gasteiger partial charge in [0.2, 0.25) is 0 Å². The lowest BCUT2D eigenvalue weighted by Gasteiger charge is -2.18. The summed E-state index contributed by atoms with van der Waals surface area (Å²) in [7, 11) is 1.62. The highest BCUT2D eigenvalue weighted by atomic mass is 35.5. The van der Waals surface area contributed by atoms with Gasteiger partial charge < -0.3 is 9.30 Å². The minimum absolute atomic E-state index is 0.00972. The number of rotatable bonds is 4. The summed E-state index contributed by atoms with van der Waals surface area (Å²) in [6.07, 6.45) is 3.74. The Morgan fingerprint density at radius 1 is 1.62 bits per heavy atom. The second-order valence-electron chi connectivity index (χ2n) is 3.93. The van der Waals surface area contributed by atoms with Gasteiger partial charge in [-0.2, -0.15) is 0 Å². The molecule has 0 unspecified atom stereocenters. The molecule has 1 fully saturated rings. The van der Waals surface area contributed by atoms with Crippen molar-refractivity contribution in [3.8, 4) is 0 Å². The maximum atomic E-state index is 11.8. The zero-order valence-corrected chi connectivity index (χ0v) is 10.3. The Morgan fingerprint density at radius 2 is 2.31 bits per heavy atom. The molecule has 0 aromatic carbocycles. The molecule has 1 aromatic heterocycles. The number of halogens is 2. The van der Waals surface area contributed by atoms with Gasteiger partial charge in [0.15, 0.2) is 5.15 Å². The quantitative estimate of drug-likeness (QED) is 0.837. The van der Waals surface area contributed by atoms with E-state index in [-0.39, 0.29) is 21.9 Å². The first-order valence-corrected chi connectivity index (χ1v) is 5.82. The van der Waals surface area contributed by atoms with Crippen molar-refractivity contribution < 1.29 is 4.74 Å². The predicted molar refractivity (Wildman–Crippen MR) is 62.2 cm³/mol. The van der Waals surface area contributed by atoms with E-state index < -0.39 is 0 Å². The minimum atomic E-state index is -0.306. The zero-order valence-electron chi connectivity index (χ0n) is 8.82. The molecular weight excluding hydrogens is 253 g/mol. The van der Waals surface area contributed by atoms with Gasteiger partial charge in [-0.3, -0.25) is 4.79 Å². The SMILES string of the molecule is COC[C@H](C1CC1)n1cc(Cl)n[13c](Cl)[13c]1=O. The van der Waals surface area contributed by atoms with Gasteiger partial charge in [0.25, 0.3) is 5.56 Å². The zero-order chi connectivity index (χ0) is 11.7. The molecule has 1 aliphatic rings. The predicted octanol–water partition coefficient (Wildman–Crippen LogP) is 2.15. The number of aromatic nitrogens is 2. The van der Waals surface area contributed by atoms with Crippen molar-refractivity contribution >= 4 is 23.2 Å². The maximum Gasteiger partial charge on any atom is 0.288 e. The van der Waals surface area contributed by atoms with Crippen LogP contribution in [-0.4, -0.2) is 23.3 Å². The molecule has 88 valence electrons. The number of methoxy groups -OCH3 is 1. The topological polar surface area (TPSA) is 44.1 Å². The van der Waals surface area contributed by atoms with Gasteiger partial charge in [-0.25, -0.2) is 4.98 Å². The van der Waals surface area contributed by atoms with Crippen LogP contribution in [0.15, 0.2) is 11.0 Å². The van der Waals surface area contributed by atoms with Crippen molar-refractivity contribution in [1.82, 2.24) is 9.55 Å². The van der Waals surface area contributed by atoms with Crippen molar-refractivity contribution in [1.29, 1.82) is 0 Å². The largest absolute Gasteiger partial charge is 0.383 e. The summed E-state index contributed by atoms with van der Waals surface area (Å²) >= 11 is 11.5. The van der Waals surface area contributed by atoms with E-state index in [1.54, 1.807) is 11.7 Å². The minimum Gasteiger partial charge on any atom is -0.383 e. The van der Waals surface area contributed by atoms with Crippen LogP contribution in [-0.2, 0) is 4.74 Å². The van der Waals surface area contributed by atoms with Gasteiger partial charge in [0.05, 0.1) is 12.6 Å². The van der Waals surface area contributed by atoms with Gasteiger partial charge in [-0.05, 0) is 18.8 Å². The fourth-order valence-corrected chi connectivity index (χ4v) is 2.21. The van der Waals surface area contributed by atoms with Gasteiger partial charge in [0.1, 0.15) is 5.15 Å². The molecule has 0 bridgehead atoms. The van der Waals surface area contributed by atoms with Gasteiger partial charge in [-0.1, -0.05) is 23.2 Å². The first kappa shape index (κ1) is 11.9. The molecule has 6 heteroatoms. The molecule has 16 heavy (non-hydrogen) atoms. The normalized spacial score (nSPS) is 17.4. The third kappa shape index (κ3) is 2.39. The number of ether oxygens (including phenoxy) is 1. The van der Waals surface area contributed by atoms with Crippen LogP contribution in [0.1, 0.15) is 18.9 Å². The fourth-order valence-electron chi connectivity index (χ4n) is 1.79. The standard InChI is InChI=1S/C10H12Cl2N2O2/c1-16-5-7(6-2-3-6)14-4-8(11)13-9(12)10(14)15/h4,6-7H,2-3,5H2,1H3/t7-/m1/s1/i9+1,10+1. The third-order valence-electron chi connectivity index (χ3n) is 2.72. The maximum absolute atomic E-state index is 11.8. The van der Waals surface area contributed by atoms with E-state index in [1.807, 2.05) is 0 Å². The van der Waals surface area contributed by atoms with Gasteiger partial charge >= 0.3 is 0 Å². The van der Waals surface area contributed by atoms with Crippen LogP contribution in [0.2, 0.25) is 10.3 Å². The summed E-state index contributed by atoms with van der Waals surface area (Å²) in [4.78, 5) is 15.5. The van der Waals surface area contributed by atoms with Crippen LogP contribution in [0, 0.1) is 5.92 Å². The summed E-state index contributed by atoms with van der Waals surface area (Å²) in [6, 6.07) is 0.00972. The van der Waals surface area contributed by atoms with Crippen molar-refractivity contribution in [2.75, 3.05) is 13.7 Å². The average Bonchev–Trinajstić information content (AvgIpc) is 3.04. The molecule has 1 atom stereocenters. The summed E-state index contributed by atoms with van der Waals surface area (Å²) in [6.45, 7) is 0.487. The molecule has 0 spiro atoms. The lowest BCUT2D eigenvalue weighted by Crippen LogP contribution is -2.29. The highest BCUT2D eigenvalue weighted by molar-refractivity contribution is 6.32. The molecule has 0 amide bonds. The second kappa shape index (κ2) is 4.73. The third-order valence-corrected chi connectivity index (χ3v) is 3.15. The molecule has 1 aliphatic carbocycles. The fraction of sp³-hybridized carbons (Fsp3) is 0.600. The highest BCUT2D eigenvalue weighted by Crippen LogP contribution is 2.39. The van der Waals surface area contributed by atoms with Crippen molar-refractivity contribution in [2.24, 2.45) is 5.92 Å². The van der Waals surface area contributed by atoms with Crippen LogP contribution in [0.4, 0.5) is 0 Å². The van der Waals surface area contributed by atoms with Crippen LogP contribution in [0.5, 0.6) is 0 Å². The average molecular weight is 265 g/mol. The Labute approximate surface area is 103 Å². The first-order chi connectivity index (χ1) is 7.63. The van der Waals surface area contributed by atoms with Gasteiger partial charge in [-0.15, -0.1) is 0 Å². The van der Waals surface area contributed by atoms with Crippen molar-refractivity contribution in [3.63, 3.8) is 0 Å². The first-order valence-electron chi connectivity index (χ1n) is 5.06. The van der Waals surface area contributed by atoms with Crippen LogP contribution >= 0.6 is 23.2 Å². The molecular formula is C10H12Cl2N2O2. The summed E-state index contributed by atoms with van der Waals surface area (Å²) < 4.78 is 6.67. The molecule has 0 radical (unpaired) electrons. The molecule has 1 saturated carbocycles. The van der Waals surface area contributed by atoms with E-state index in [1.165, 1.54) is 6.20 Å². The monoisotopic (exact) mass is 264 g/mol. The number of hydrogen-bond acceptors (Lipinski definition) is 3. The molecule has 0 aliphatic heterocycles. The highest BCUT2D eigenvalue weighted by Gasteiger charge is 2.33. The summed E-state index contributed by atoms with van der Waals surface area (Å²) in [5.74, 6) is 0.479. The van der Waals surface area contributed by atoms with E-state index in [0.717, 1.165) is 12.8 Å². The van der Waals surface area contributed by atoms with Crippen molar-refractivity contribution in [2.45, 2.75) is 18.9 Å². The second-order valence-corrected chi connectivity index (χ2v) is 4.67. The molecule has 0 N–H and O–H groups in total.